The Labute approximate surface area is 82.9 Å². The summed E-state index contributed by atoms with van der Waals surface area (Å²) in [6, 6.07) is 0.714. The Morgan fingerprint density at radius 3 is 2.60 bits per heavy atom. The lowest BCUT2D eigenvalue weighted by Crippen LogP contribution is -2.18. The number of ether oxygens (including phenoxy) is 1. The quantitative estimate of drug-likeness (QED) is 0.834. The predicted molar refractivity (Wildman–Crippen MR) is 44.2 cm³/mol. The van der Waals surface area contributed by atoms with Crippen molar-refractivity contribution < 1.29 is 22.7 Å². The molecule has 0 saturated carbocycles. The van der Waals surface area contributed by atoms with Gasteiger partial charge < -0.3 is 10.5 Å². The van der Waals surface area contributed by atoms with Crippen LogP contribution in [0.5, 0.6) is 5.88 Å². The van der Waals surface area contributed by atoms with Crippen molar-refractivity contribution in [3.05, 3.63) is 23.1 Å². The maximum Gasteiger partial charge on any atom is 0.281 e. The van der Waals surface area contributed by atoms with E-state index in [1.165, 1.54) is 0 Å². The largest absolute Gasteiger partial charge is 0.481 e. The molecular formula is C8H7F3N2O2. The number of hydrogen-bond donors (Lipinski definition) is 1. The van der Waals surface area contributed by atoms with Crippen LogP contribution in [-0.4, -0.2) is 18.0 Å². The lowest BCUT2D eigenvalue weighted by atomic mass is 10.1. The van der Waals surface area contributed by atoms with Gasteiger partial charge in [0.15, 0.2) is 0 Å². The average molecular weight is 220 g/mol. The second kappa shape index (κ2) is 4.16. The topological polar surface area (TPSA) is 65.2 Å². The number of methoxy groups -OCH3 is 1. The predicted octanol–water partition coefficient (Wildman–Crippen LogP) is 1.27. The van der Waals surface area contributed by atoms with E-state index in [4.69, 9.17) is 5.73 Å². The number of alkyl halides is 2. The first-order valence-corrected chi connectivity index (χ1v) is 3.79. The molecule has 0 aliphatic rings. The van der Waals surface area contributed by atoms with E-state index in [1.54, 1.807) is 0 Å². The first-order valence-electron chi connectivity index (χ1n) is 3.79. The van der Waals surface area contributed by atoms with Crippen molar-refractivity contribution in [3.8, 4) is 5.88 Å². The van der Waals surface area contributed by atoms with E-state index in [0.29, 0.717) is 6.07 Å². The third-order valence-corrected chi connectivity index (χ3v) is 1.64. The van der Waals surface area contributed by atoms with Gasteiger partial charge in [-0.15, -0.1) is 0 Å². The van der Waals surface area contributed by atoms with Gasteiger partial charge in [0.2, 0.25) is 5.88 Å². The number of nitrogens with two attached hydrogens (primary N) is 1. The number of rotatable bonds is 3. The van der Waals surface area contributed by atoms with Gasteiger partial charge in [0.05, 0.1) is 7.11 Å². The van der Waals surface area contributed by atoms with E-state index < -0.39 is 29.4 Å². The molecule has 1 aromatic heterocycles. The second-order valence-electron chi connectivity index (χ2n) is 2.57. The van der Waals surface area contributed by atoms with Crippen LogP contribution in [0.1, 0.15) is 22.5 Å². The second-order valence-corrected chi connectivity index (χ2v) is 2.57. The van der Waals surface area contributed by atoms with Crippen LogP contribution in [0.2, 0.25) is 0 Å². The van der Waals surface area contributed by atoms with E-state index in [-0.39, 0.29) is 5.88 Å². The van der Waals surface area contributed by atoms with E-state index in [9.17, 15) is 18.0 Å². The van der Waals surface area contributed by atoms with Crippen LogP contribution in [0.4, 0.5) is 13.2 Å². The maximum absolute atomic E-state index is 13.2. The van der Waals surface area contributed by atoms with Crippen LogP contribution in [0.3, 0.4) is 0 Å². The first kappa shape index (κ1) is 11.3. The zero-order chi connectivity index (χ0) is 11.6. The van der Waals surface area contributed by atoms with Crippen LogP contribution in [-0.2, 0) is 0 Å². The van der Waals surface area contributed by atoms with Gasteiger partial charge in [-0.2, -0.15) is 0 Å². The molecule has 0 spiro atoms. The Kier molecular flexibility index (Phi) is 3.13. The molecule has 7 heteroatoms. The summed E-state index contributed by atoms with van der Waals surface area (Å²) in [5, 5.41) is 0. The summed E-state index contributed by atoms with van der Waals surface area (Å²) in [6.45, 7) is 0. The normalized spacial score (nSPS) is 10.5. The van der Waals surface area contributed by atoms with Crippen molar-refractivity contribution in [2.45, 2.75) is 6.43 Å². The van der Waals surface area contributed by atoms with Crippen molar-refractivity contribution in [3.63, 3.8) is 0 Å². The van der Waals surface area contributed by atoms with Crippen molar-refractivity contribution in [1.29, 1.82) is 0 Å². The summed E-state index contributed by atoms with van der Waals surface area (Å²) in [5.74, 6) is -2.81. The zero-order valence-electron chi connectivity index (χ0n) is 7.63. The molecular weight excluding hydrogens is 213 g/mol. The molecule has 0 aromatic carbocycles. The molecule has 1 aromatic rings. The minimum Gasteiger partial charge on any atom is -0.481 e. The number of pyridine rings is 1. The Morgan fingerprint density at radius 2 is 2.20 bits per heavy atom. The minimum absolute atomic E-state index is 0.340. The van der Waals surface area contributed by atoms with Crippen molar-refractivity contribution >= 4 is 5.91 Å². The maximum atomic E-state index is 13.2. The molecule has 0 bridgehead atoms. The monoisotopic (exact) mass is 220 g/mol. The Hall–Kier alpha value is -1.79. The lowest BCUT2D eigenvalue weighted by molar-refractivity contribution is 0.0976. The third-order valence-electron chi connectivity index (χ3n) is 1.64. The molecule has 0 unspecified atom stereocenters. The molecule has 1 rings (SSSR count). The van der Waals surface area contributed by atoms with Crippen molar-refractivity contribution in [1.82, 2.24) is 4.98 Å². The standard InChI is InChI=1S/C8H7F3N2O2/c1-15-4-2-3(9)5(8(12)14)6(13-4)7(10)11/h2,7H,1H3,(H2,12,14). The SMILES string of the molecule is COc1cc(F)c(C(N)=O)c(C(F)F)n1. The molecule has 82 valence electrons. The van der Waals surface area contributed by atoms with Gasteiger partial charge >= 0.3 is 0 Å². The van der Waals surface area contributed by atoms with Crippen molar-refractivity contribution in [2.75, 3.05) is 7.11 Å². The first-order chi connectivity index (χ1) is 6.97. The highest BCUT2D eigenvalue weighted by atomic mass is 19.3. The van der Waals surface area contributed by atoms with Crippen LogP contribution < -0.4 is 10.5 Å². The Balaban J connectivity index is 3.42. The fourth-order valence-corrected chi connectivity index (χ4v) is 1.02. The number of aromatic nitrogens is 1. The average Bonchev–Trinajstić information content (AvgIpc) is 2.15. The molecule has 1 heterocycles. The summed E-state index contributed by atoms with van der Waals surface area (Å²) in [6.07, 6.45) is -3.10. The van der Waals surface area contributed by atoms with Gasteiger partial charge in [-0.05, 0) is 0 Å². The Morgan fingerprint density at radius 1 is 1.60 bits per heavy atom. The highest BCUT2D eigenvalue weighted by molar-refractivity contribution is 5.94. The van der Waals surface area contributed by atoms with Gasteiger partial charge in [-0.25, -0.2) is 18.2 Å². The van der Waals surface area contributed by atoms with Gasteiger partial charge in [-0.1, -0.05) is 0 Å². The number of carbonyl (C=O) groups excluding carboxylic acids is 1. The molecule has 2 N–H and O–H groups in total. The number of nitrogens with zero attached hydrogens (tertiary/aromatic N) is 1. The summed E-state index contributed by atoms with van der Waals surface area (Å²) in [4.78, 5) is 14.0. The van der Waals surface area contributed by atoms with E-state index in [1.807, 2.05) is 0 Å². The van der Waals surface area contributed by atoms with Crippen molar-refractivity contribution in [2.24, 2.45) is 5.73 Å². The van der Waals surface area contributed by atoms with Crippen LogP contribution >= 0.6 is 0 Å². The molecule has 0 saturated heterocycles. The zero-order valence-corrected chi connectivity index (χ0v) is 7.63. The lowest BCUT2D eigenvalue weighted by Gasteiger charge is -2.08. The molecule has 0 atom stereocenters. The fourth-order valence-electron chi connectivity index (χ4n) is 1.02. The molecule has 0 fully saturated rings. The highest BCUT2D eigenvalue weighted by Crippen LogP contribution is 2.25. The minimum atomic E-state index is -3.10. The number of halogens is 3. The van der Waals surface area contributed by atoms with Gasteiger partial charge in [-0.3, -0.25) is 4.79 Å². The molecule has 4 nitrogen and oxygen atoms in total. The fraction of sp³-hybridized carbons (Fsp3) is 0.250. The molecule has 1 amide bonds. The van der Waals surface area contributed by atoms with Gasteiger partial charge in [0, 0.05) is 6.07 Å². The summed E-state index contributed by atoms with van der Waals surface area (Å²) < 4.78 is 42.4. The Bertz CT molecular complexity index is 396. The van der Waals surface area contributed by atoms with Crippen LogP contribution in [0.15, 0.2) is 6.07 Å². The summed E-state index contributed by atoms with van der Waals surface area (Å²) in [5.41, 5.74) is 2.83. The van der Waals surface area contributed by atoms with Gasteiger partial charge in [0.1, 0.15) is 17.1 Å². The molecule has 0 radical (unpaired) electrons. The molecule has 0 aliphatic heterocycles. The van der Waals surface area contributed by atoms with Crippen LogP contribution in [0.25, 0.3) is 0 Å². The smallest absolute Gasteiger partial charge is 0.281 e. The number of primary amides is 1. The number of carbonyl (C=O) groups is 1. The van der Waals surface area contributed by atoms with E-state index in [2.05, 4.69) is 9.72 Å². The molecule has 15 heavy (non-hydrogen) atoms. The molecule has 0 aliphatic carbocycles. The number of amides is 1. The summed E-state index contributed by atoms with van der Waals surface area (Å²) >= 11 is 0. The number of hydrogen-bond acceptors (Lipinski definition) is 3. The van der Waals surface area contributed by atoms with E-state index in [0.717, 1.165) is 7.11 Å². The van der Waals surface area contributed by atoms with Gasteiger partial charge in [0.25, 0.3) is 12.3 Å². The third kappa shape index (κ3) is 2.17. The highest BCUT2D eigenvalue weighted by Gasteiger charge is 2.24. The summed E-state index contributed by atoms with van der Waals surface area (Å²) in [7, 11) is 1.14. The van der Waals surface area contributed by atoms with E-state index >= 15 is 0 Å². The van der Waals surface area contributed by atoms with Crippen LogP contribution in [0, 0.1) is 5.82 Å².